The summed E-state index contributed by atoms with van der Waals surface area (Å²) in [7, 11) is -2.16. The summed E-state index contributed by atoms with van der Waals surface area (Å²) in [5, 5.41) is 0. The molecule has 1 aromatic rings. The molecule has 2 aliphatic heterocycles. The summed E-state index contributed by atoms with van der Waals surface area (Å²) in [5.41, 5.74) is 0.161. The molecular formula is C24H32F3N3O5S. The fraction of sp³-hybridized carbons (Fsp3) is 0.667. The smallest absolute Gasteiger partial charge is 0.469 e. The standard InChI is InChI=1S/C24H32F3N3O5S/c1-3-36(33,34)29-15-23(16-29,14-21(31)35-2)28-11-9-18(10-12-28)30(22(32)24(25,26)27)20-13-19(20)17-7-5-4-6-8-17/h4-8,18-20H,3,9-16H2,1-2H3/t19?,20-/m1/s1. The predicted molar refractivity (Wildman–Crippen MR) is 125 cm³/mol. The van der Waals surface area contributed by atoms with Crippen molar-refractivity contribution in [3.63, 3.8) is 0 Å². The highest BCUT2D eigenvalue weighted by molar-refractivity contribution is 7.89. The van der Waals surface area contributed by atoms with Gasteiger partial charge in [-0.25, -0.2) is 8.42 Å². The van der Waals surface area contributed by atoms with Gasteiger partial charge in [-0.1, -0.05) is 30.3 Å². The maximum Gasteiger partial charge on any atom is 0.471 e. The molecule has 1 saturated carbocycles. The van der Waals surface area contributed by atoms with Crippen molar-refractivity contribution in [2.24, 2.45) is 0 Å². The van der Waals surface area contributed by atoms with Gasteiger partial charge < -0.3 is 9.64 Å². The maximum absolute atomic E-state index is 13.6. The molecule has 36 heavy (non-hydrogen) atoms. The normalized spacial score (nSPS) is 25.1. The summed E-state index contributed by atoms with van der Waals surface area (Å²) >= 11 is 0. The third kappa shape index (κ3) is 5.26. The molecule has 2 saturated heterocycles. The first-order valence-corrected chi connectivity index (χ1v) is 13.8. The molecule has 0 bridgehead atoms. The number of rotatable bonds is 8. The molecular weight excluding hydrogens is 499 g/mol. The zero-order chi connectivity index (χ0) is 26.3. The van der Waals surface area contributed by atoms with Gasteiger partial charge in [0.1, 0.15) is 0 Å². The van der Waals surface area contributed by atoms with E-state index in [-0.39, 0.29) is 31.2 Å². The number of likely N-dealkylation sites (tertiary alicyclic amines) is 1. The molecule has 1 amide bonds. The Morgan fingerprint density at radius 3 is 2.28 bits per heavy atom. The number of ether oxygens (including phenoxy) is 1. The van der Waals surface area contributed by atoms with Crippen molar-refractivity contribution < 1.29 is 35.9 Å². The fourth-order valence-electron chi connectivity index (χ4n) is 5.65. The average molecular weight is 532 g/mol. The Morgan fingerprint density at radius 1 is 1.14 bits per heavy atom. The molecule has 1 aromatic carbocycles. The third-order valence-corrected chi connectivity index (χ3v) is 9.52. The van der Waals surface area contributed by atoms with E-state index < -0.39 is 45.7 Å². The van der Waals surface area contributed by atoms with Gasteiger partial charge in [-0.2, -0.15) is 17.5 Å². The first-order valence-electron chi connectivity index (χ1n) is 12.2. The van der Waals surface area contributed by atoms with Gasteiger partial charge in [-0.15, -0.1) is 0 Å². The van der Waals surface area contributed by atoms with Crippen molar-refractivity contribution in [2.45, 2.75) is 62.3 Å². The van der Waals surface area contributed by atoms with E-state index >= 15 is 0 Å². The molecule has 1 aliphatic carbocycles. The summed E-state index contributed by atoms with van der Waals surface area (Å²) in [5.74, 6) is -2.46. The number of esters is 1. The first-order chi connectivity index (χ1) is 16.9. The zero-order valence-corrected chi connectivity index (χ0v) is 21.2. The molecule has 8 nitrogen and oxygen atoms in total. The van der Waals surface area contributed by atoms with E-state index in [1.807, 2.05) is 35.2 Å². The van der Waals surface area contributed by atoms with Crippen LogP contribution in [0.4, 0.5) is 13.2 Å². The van der Waals surface area contributed by atoms with E-state index in [4.69, 9.17) is 4.74 Å². The number of carbonyl (C=O) groups excluding carboxylic acids is 2. The van der Waals surface area contributed by atoms with E-state index in [2.05, 4.69) is 0 Å². The van der Waals surface area contributed by atoms with Crippen LogP contribution in [0.3, 0.4) is 0 Å². The highest BCUT2D eigenvalue weighted by Crippen LogP contribution is 2.48. The van der Waals surface area contributed by atoms with Crippen molar-refractivity contribution in [2.75, 3.05) is 39.0 Å². The van der Waals surface area contributed by atoms with Gasteiger partial charge in [0.15, 0.2) is 0 Å². The lowest BCUT2D eigenvalue weighted by Crippen LogP contribution is -2.73. The van der Waals surface area contributed by atoms with Crippen LogP contribution < -0.4 is 0 Å². The molecule has 0 aromatic heterocycles. The Labute approximate surface area is 209 Å². The number of carbonyl (C=O) groups is 2. The summed E-state index contributed by atoms with van der Waals surface area (Å²) < 4.78 is 71.4. The number of hydrogen-bond donors (Lipinski definition) is 0. The Morgan fingerprint density at radius 2 is 1.75 bits per heavy atom. The van der Waals surface area contributed by atoms with Crippen molar-refractivity contribution in [3.8, 4) is 0 Å². The third-order valence-electron chi connectivity index (χ3n) is 7.75. The van der Waals surface area contributed by atoms with Crippen LogP contribution in [0.1, 0.15) is 44.1 Å². The highest BCUT2D eigenvalue weighted by atomic mass is 32.2. The molecule has 2 heterocycles. The van der Waals surface area contributed by atoms with Gasteiger partial charge in [0.2, 0.25) is 10.0 Å². The van der Waals surface area contributed by atoms with E-state index in [1.165, 1.54) is 11.4 Å². The summed E-state index contributed by atoms with van der Waals surface area (Å²) in [6.45, 7) is 2.52. The topological polar surface area (TPSA) is 87.2 Å². The van der Waals surface area contributed by atoms with Crippen LogP contribution in [0, 0.1) is 0 Å². The molecule has 3 fully saturated rings. The van der Waals surface area contributed by atoms with Crippen LogP contribution >= 0.6 is 0 Å². The van der Waals surface area contributed by atoms with E-state index in [9.17, 15) is 31.2 Å². The Balaban J connectivity index is 1.48. The van der Waals surface area contributed by atoms with Gasteiger partial charge in [-0.3, -0.25) is 14.5 Å². The fourth-order valence-corrected chi connectivity index (χ4v) is 6.89. The first kappa shape index (κ1) is 26.9. The number of hydrogen-bond acceptors (Lipinski definition) is 6. The van der Waals surface area contributed by atoms with E-state index in [0.29, 0.717) is 32.4 Å². The molecule has 200 valence electrons. The lowest BCUT2D eigenvalue weighted by atomic mass is 9.84. The highest BCUT2D eigenvalue weighted by Gasteiger charge is 2.56. The quantitative estimate of drug-likeness (QED) is 0.479. The molecule has 3 aliphatic rings. The average Bonchev–Trinajstić information content (AvgIpc) is 3.62. The molecule has 12 heteroatoms. The monoisotopic (exact) mass is 531 g/mol. The van der Waals surface area contributed by atoms with Gasteiger partial charge in [0, 0.05) is 44.2 Å². The van der Waals surface area contributed by atoms with Crippen molar-refractivity contribution in [1.82, 2.24) is 14.1 Å². The van der Waals surface area contributed by atoms with Crippen LogP contribution in [0.5, 0.6) is 0 Å². The molecule has 0 N–H and O–H groups in total. The van der Waals surface area contributed by atoms with Crippen LogP contribution in [0.25, 0.3) is 0 Å². The van der Waals surface area contributed by atoms with Crippen LogP contribution in [-0.4, -0.2) is 97.2 Å². The molecule has 0 spiro atoms. The minimum atomic E-state index is -4.96. The van der Waals surface area contributed by atoms with Crippen molar-refractivity contribution in [3.05, 3.63) is 35.9 Å². The SMILES string of the molecule is CCS(=O)(=O)N1CC(CC(=O)OC)(N2CCC(N(C(=O)C(F)(F)F)[C@@H]3CC3c3ccccc3)CC2)C1. The van der Waals surface area contributed by atoms with Crippen LogP contribution in [0.2, 0.25) is 0 Å². The van der Waals surface area contributed by atoms with Crippen LogP contribution in [0.15, 0.2) is 30.3 Å². The predicted octanol–water partition coefficient (Wildman–Crippen LogP) is 2.37. The lowest BCUT2D eigenvalue weighted by molar-refractivity contribution is -0.190. The minimum absolute atomic E-state index is 0.00615. The number of nitrogens with zero attached hydrogens (tertiary/aromatic N) is 3. The molecule has 2 atom stereocenters. The Hall–Kier alpha value is -2.18. The lowest BCUT2D eigenvalue weighted by Gasteiger charge is -2.56. The Kier molecular flexibility index (Phi) is 7.42. The number of amides is 1. The zero-order valence-electron chi connectivity index (χ0n) is 20.4. The number of methoxy groups -OCH3 is 1. The minimum Gasteiger partial charge on any atom is -0.469 e. The largest absolute Gasteiger partial charge is 0.471 e. The Bertz CT molecular complexity index is 1070. The number of piperidine rings is 1. The van der Waals surface area contributed by atoms with E-state index in [1.54, 1.807) is 6.92 Å². The van der Waals surface area contributed by atoms with Gasteiger partial charge in [0.25, 0.3) is 0 Å². The number of halogens is 3. The molecule has 0 radical (unpaired) electrons. The summed E-state index contributed by atoms with van der Waals surface area (Å²) in [6, 6.07) is 8.16. The summed E-state index contributed by atoms with van der Waals surface area (Å²) in [6.07, 6.45) is -3.86. The molecule has 1 unspecified atom stereocenters. The van der Waals surface area contributed by atoms with Gasteiger partial charge >= 0.3 is 18.1 Å². The second-order valence-electron chi connectivity index (χ2n) is 9.89. The number of benzene rings is 1. The van der Waals surface area contributed by atoms with Crippen molar-refractivity contribution in [1.29, 1.82) is 0 Å². The number of sulfonamides is 1. The summed E-state index contributed by atoms with van der Waals surface area (Å²) in [4.78, 5) is 27.7. The van der Waals surface area contributed by atoms with Crippen LogP contribution in [-0.2, 0) is 24.3 Å². The second-order valence-corrected chi connectivity index (χ2v) is 12.2. The van der Waals surface area contributed by atoms with Gasteiger partial charge in [-0.05, 0) is 31.7 Å². The second kappa shape index (κ2) is 9.94. The maximum atomic E-state index is 13.6. The van der Waals surface area contributed by atoms with Gasteiger partial charge in [0.05, 0.1) is 24.8 Å². The van der Waals surface area contributed by atoms with E-state index in [0.717, 1.165) is 10.5 Å². The molecule has 4 rings (SSSR count). The van der Waals surface area contributed by atoms with Crippen molar-refractivity contribution >= 4 is 21.9 Å². The number of alkyl halides is 3.